The van der Waals surface area contributed by atoms with Gasteiger partial charge in [0.1, 0.15) is 11.4 Å². The van der Waals surface area contributed by atoms with E-state index in [4.69, 9.17) is 9.47 Å². The summed E-state index contributed by atoms with van der Waals surface area (Å²) in [5.41, 5.74) is -1.10. The summed E-state index contributed by atoms with van der Waals surface area (Å²) in [6.07, 6.45) is 0.0453. The third kappa shape index (κ3) is 2.94. The largest absolute Gasteiger partial charge is 0.451 e. The van der Waals surface area contributed by atoms with Gasteiger partial charge in [-0.3, -0.25) is 4.79 Å². The molecule has 0 unspecified atom stereocenters. The second kappa shape index (κ2) is 6.02. The summed E-state index contributed by atoms with van der Waals surface area (Å²) in [6.45, 7) is 7.03. The highest BCUT2D eigenvalue weighted by molar-refractivity contribution is 5.94. The number of halogens is 1. The minimum Gasteiger partial charge on any atom is -0.451 e. The van der Waals surface area contributed by atoms with Gasteiger partial charge < -0.3 is 14.6 Å². The van der Waals surface area contributed by atoms with Crippen molar-refractivity contribution >= 4 is 11.8 Å². The average molecular weight is 336 g/mol. The second-order valence-corrected chi connectivity index (χ2v) is 6.37. The number of rotatable bonds is 4. The van der Waals surface area contributed by atoms with Gasteiger partial charge in [-0.25, -0.2) is 4.79 Å². The van der Waals surface area contributed by atoms with Crippen LogP contribution in [0.5, 0.6) is 5.75 Å². The number of hydrogen-bond donors (Lipinski definition) is 1. The van der Waals surface area contributed by atoms with E-state index in [9.17, 15) is 14.7 Å². The van der Waals surface area contributed by atoms with E-state index in [1.165, 1.54) is 52.0 Å². The molecule has 1 heterocycles. The number of ketones is 1. The van der Waals surface area contributed by atoms with E-state index in [1.54, 1.807) is 6.92 Å². The molecular weight excluding hydrogens is 315 g/mol. The third-order valence-corrected chi connectivity index (χ3v) is 4.11. The molecule has 1 aromatic carbocycles. The van der Waals surface area contributed by atoms with Crippen LogP contribution in [0.2, 0.25) is 0 Å². The van der Waals surface area contributed by atoms with Crippen molar-refractivity contribution in [1.82, 2.24) is 0 Å². The van der Waals surface area contributed by atoms with E-state index in [0.29, 0.717) is 11.1 Å². The number of aliphatic hydroxyl groups is 1. The first-order chi connectivity index (χ1) is 11.0. The van der Waals surface area contributed by atoms with Crippen LogP contribution in [-0.4, -0.2) is 28.3 Å². The number of benzene rings is 1. The zero-order valence-electron chi connectivity index (χ0n) is 14.3. The van der Waals surface area contributed by atoms with Gasteiger partial charge in [0, 0.05) is 16.7 Å². The number of esters is 1. The van der Waals surface area contributed by atoms with Gasteiger partial charge in [-0.15, -0.1) is 0 Å². The fraction of sp³-hybridized carbons (Fsp3) is 0.444. The van der Waals surface area contributed by atoms with Crippen LogP contribution < -0.4 is 4.74 Å². The molecule has 2 atom stereocenters. The van der Waals surface area contributed by atoms with E-state index in [-0.39, 0.29) is 17.1 Å². The molecule has 1 aliphatic heterocycles. The van der Waals surface area contributed by atoms with Crippen LogP contribution in [-0.2, 0) is 9.53 Å². The summed E-state index contributed by atoms with van der Waals surface area (Å²) in [6, 6.07) is 4.35. The van der Waals surface area contributed by atoms with Crippen molar-refractivity contribution in [3.8, 4) is 5.75 Å². The highest BCUT2D eigenvalue weighted by Gasteiger charge is 2.61. The van der Waals surface area contributed by atoms with Gasteiger partial charge in [0.25, 0.3) is 0 Å². The van der Waals surface area contributed by atoms with Gasteiger partial charge in [0.15, 0.2) is 5.78 Å². The van der Waals surface area contributed by atoms with Crippen molar-refractivity contribution in [2.75, 3.05) is 0 Å². The Balaban J connectivity index is 2.54. The van der Waals surface area contributed by atoms with E-state index < -0.39 is 23.5 Å². The van der Waals surface area contributed by atoms with Gasteiger partial charge in [-0.1, -0.05) is 6.08 Å². The van der Waals surface area contributed by atoms with Crippen LogP contribution in [0.25, 0.3) is 0 Å². The standard InChI is InChI=1S/C18H21FO5/c1-6-10(2)16(21)23-15-13-9-12(11(3)20)7-8-14(13)24-18(15,19)17(4,5)22/h6-9,15,22H,1-5H3/b10-6-/t15-,18+/m1/s1. The molecule has 130 valence electrons. The van der Waals surface area contributed by atoms with Gasteiger partial charge in [0.05, 0.1) is 0 Å². The van der Waals surface area contributed by atoms with Crippen molar-refractivity contribution < 1.29 is 28.6 Å². The lowest BCUT2D eigenvalue weighted by atomic mass is 9.91. The molecule has 0 fully saturated rings. The van der Waals surface area contributed by atoms with Crippen molar-refractivity contribution in [2.45, 2.75) is 52.2 Å². The molecular formula is C18H21FO5. The Morgan fingerprint density at radius 2 is 2.00 bits per heavy atom. The van der Waals surface area contributed by atoms with Crippen molar-refractivity contribution in [3.05, 3.63) is 41.0 Å². The minimum absolute atomic E-state index is 0.126. The highest BCUT2D eigenvalue weighted by Crippen LogP contribution is 2.51. The summed E-state index contributed by atoms with van der Waals surface area (Å²) < 4.78 is 26.1. The minimum atomic E-state index is -2.67. The van der Waals surface area contributed by atoms with Crippen LogP contribution in [0.4, 0.5) is 4.39 Å². The summed E-state index contributed by atoms with van der Waals surface area (Å²) in [5, 5.41) is 10.2. The second-order valence-electron chi connectivity index (χ2n) is 6.37. The number of Topliss-reactive ketones (excluding diaryl/α,β-unsaturated/α-hetero) is 1. The predicted octanol–water partition coefficient (Wildman–Crippen LogP) is 3.27. The number of alkyl halides is 1. The van der Waals surface area contributed by atoms with Gasteiger partial charge in [0.2, 0.25) is 6.10 Å². The summed E-state index contributed by atoms with van der Waals surface area (Å²) in [4.78, 5) is 23.7. The van der Waals surface area contributed by atoms with Crippen molar-refractivity contribution in [1.29, 1.82) is 0 Å². The lowest BCUT2D eigenvalue weighted by Crippen LogP contribution is -2.53. The quantitative estimate of drug-likeness (QED) is 0.519. The maximum Gasteiger partial charge on any atom is 0.334 e. The molecule has 6 heteroatoms. The molecule has 0 bridgehead atoms. The Morgan fingerprint density at radius 3 is 2.50 bits per heavy atom. The van der Waals surface area contributed by atoms with E-state index in [1.807, 2.05) is 0 Å². The first-order valence-electron chi connectivity index (χ1n) is 7.60. The molecule has 0 spiro atoms. The Bertz CT molecular complexity index is 717. The highest BCUT2D eigenvalue weighted by atomic mass is 19.2. The maximum atomic E-state index is 15.5. The van der Waals surface area contributed by atoms with Crippen molar-refractivity contribution in [2.24, 2.45) is 0 Å². The molecule has 0 amide bonds. The molecule has 0 aliphatic carbocycles. The van der Waals surface area contributed by atoms with Crippen LogP contribution in [0, 0.1) is 0 Å². The third-order valence-electron chi connectivity index (χ3n) is 4.11. The monoisotopic (exact) mass is 336 g/mol. The van der Waals surface area contributed by atoms with E-state index >= 15 is 4.39 Å². The number of ether oxygens (including phenoxy) is 2. The van der Waals surface area contributed by atoms with Crippen molar-refractivity contribution in [3.63, 3.8) is 0 Å². The number of carbonyl (C=O) groups excluding carboxylic acids is 2. The zero-order chi connectivity index (χ0) is 18.3. The fourth-order valence-corrected chi connectivity index (χ4v) is 2.38. The van der Waals surface area contributed by atoms with Gasteiger partial charge in [-0.2, -0.15) is 4.39 Å². The number of allylic oxidation sites excluding steroid dienone is 1. The molecule has 1 aliphatic rings. The summed E-state index contributed by atoms with van der Waals surface area (Å²) in [7, 11) is 0. The van der Waals surface area contributed by atoms with E-state index in [2.05, 4.69) is 0 Å². The Labute approximate surface area is 140 Å². The Hall–Kier alpha value is -2.21. The first-order valence-corrected chi connectivity index (χ1v) is 7.60. The predicted molar refractivity (Wildman–Crippen MR) is 85.5 cm³/mol. The molecule has 2 rings (SSSR count). The van der Waals surface area contributed by atoms with Crippen LogP contribution in [0.3, 0.4) is 0 Å². The first kappa shape index (κ1) is 18.1. The molecule has 24 heavy (non-hydrogen) atoms. The van der Waals surface area contributed by atoms with Crippen LogP contribution in [0.15, 0.2) is 29.8 Å². The fourth-order valence-electron chi connectivity index (χ4n) is 2.38. The normalized spacial score (nSPS) is 23.5. The molecule has 5 nitrogen and oxygen atoms in total. The lowest BCUT2D eigenvalue weighted by molar-refractivity contribution is -0.240. The molecule has 0 saturated carbocycles. The Kier molecular flexibility index (Phi) is 4.55. The summed E-state index contributed by atoms with van der Waals surface area (Å²) >= 11 is 0. The molecule has 0 aromatic heterocycles. The molecule has 1 N–H and O–H groups in total. The summed E-state index contributed by atoms with van der Waals surface area (Å²) in [5.74, 6) is -3.49. The SMILES string of the molecule is C/C=C(/C)C(=O)O[C@@H]1c2cc(C(C)=O)ccc2O[C@]1(F)C(C)(C)O. The van der Waals surface area contributed by atoms with Crippen LogP contribution >= 0.6 is 0 Å². The maximum absolute atomic E-state index is 15.5. The Morgan fingerprint density at radius 1 is 1.38 bits per heavy atom. The molecule has 0 saturated heterocycles. The smallest absolute Gasteiger partial charge is 0.334 e. The molecule has 1 aromatic rings. The topological polar surface area (TPSA) is 72.8 Å². The van der Waals surface area contributed by atoms with Crippen LogP contribution in [0.1, 0.15) is 56.6 Å². The van der Waals surface area contributed by atoms with Gasteiger partial charge >= 0.3 is 11.8 Å². The van der Waals surface area contributed by atoms with E-state index in [0.717, 1.165) is 0 Å². The average Bonchev–Trinajstić information content (AvgIpc) is 2.78. The lowest BCUT2D eigenvalue weighted by Gasteiger charge is -2.35. The zero-order valence-corrected chi connectivity index (χ0v) is 14.3. The number of fused-ring (bicyclic) bond motifs is 1. The number of hydrogen-bond acceptors (Lipinski definition) is 5. The van der Waals surface area contributed by atoms with Gasteiger partial charge in [-0.05, 0) is 52.8 Å². The number of carbonyl (C=O) groups is 2. The molecule has 0 radical (unpaired) electrons.